The highest BCUT2D eigenvalue weighted by molar-refractivity contribution is 9.09. The molecule has 4 heteroatoms. The Balaban J connectivity index is 1.79. The van der Waals surface area contributed by atoms with E-state index in [4.69, 9.17) is 4.74 Å². The summed E-state index contributed by atoms with van der Waals surface area (Å²) in [5, 5.41) is 1.13. The molecule has 2 rings (SSSR count). The number of hydrogen-bond donors (Lipinski definition) is 0. The van der Waals surface area contributed by atoms with Crippen LogP contribution in [0.15, 0.2) is 0 Å². The number of ether oxygens (including phenoxy) is 1. The summed E-state index contributed by atoms with van der Waals surface area (Å²) in [6.07, 6.45) is 2.53. The fourth-order valence-electron chi connectivity index (χ4n) is 2.33. The van der Waals surface area contributed by atoms with Crippen molar-refractivity contribution in [3.63, 3.8) is 0 Å². The summed E-state index contributed by atoms with van der Waals surface area (Å²) in [7, 11) is 0. The first-order valence-electron chi connectivity index (χ1n) is 5.85. The van der Waals surface area contributed by atoms with Crippen LogP contribution in [0.5, 0.6) is 0 Å². The average Bonchev–Trinajstić information content (AvgIpc) is 2.31. The smallest absolute Gasteiger partial charge is 0.0469 e. The van der Waals surface area contributed by atoms with Gasteiger partial charge in [-0.05, 0) is 18.8 Å². The third kappa shape index (κ3) is 3.62. The summed E-state index contributed by atoms with van der Waals surface area (Å²) in [5.41, 5.74) is 0. The highest BCUT2D eigenvalue weighted by Gasteiger charge is 2.25. The lowest BCUT2D eigenvalue weighted by molar-refractivity contribution is 0.0491. The molecule has 2 fully saturated rings. The molecule has 0 aromatic heterocycles. The van der Waals surface area contributed by atoms with E-state index in [9.17, 15) is 0 Å². The van der Waals surface area contributed by atoms with E-state index in [0.717, 1.165) is 30.5 Å². The van der Waals surface area contributed by atoms with E-state index in [2.05, 4.69) is 32.6 Å². The third-order valence-corrected chi connectivity index (χ3v) is 5.20. The Hall–Kier alpha value is 0.750. The molecule has 1 unspecified atom stereocenters. The van der Waals surface area contributed by atoms with Crippen molar-refractivity contribution >= 4 is 27.7 Å². The van der Waals surface area contributed by atoms with Gasteiger partial charge in [0.1, 0.15) is 0 Å². The molecule has 0 radical (unpaired) electrons. The van der Waals surface area contributed by atoms with Crippen molar-refractivity contribution in [1.82, 2.24) is 4.90 Å². The Morgan fingerprint density at radius 1 is 1.33 bits per heavy atom. The van der Waals surface area contributed by atoms with Gasteiger partial charge in [-0.25, -0.2) is 0 Å². The average molecular weight is 294 g/mol. The molecule has 0 spiro atoms. The Labute approximate surface area is 105 Å². The predicted molar refractivity (Wildman–Crippen MR) is 70.0 cm³/mol. The molecule has 2 heterocycles. The minimum Gasteiger partial charge on any atom is -0.381 e. The van der Waals surface area contributed by atoms with Crippen LogP contribution in [-0.2, 0) is 4.74 Å². The monoisotopic (exact) mass is 293 g/mol. The third-order valence-electron chi connectivity index (χ3n) is 3.36. The summed E-state index contributed by atoms with van der Waals surface area (Å²) >= 11 is 5.73. The first-order chi connectivity index (χ1) is 7.40. The molecule has 2 saturated heterocycles. The quantitative estimate of drug-likeness (QED) is 0.741. The van der Waals surface area contributed by atoms with Crippen LogP contribution in [0, 0.1) is 5.92 Å². The molecular weight excluding hydrogens is 274 g/mol. The molecule has 2 nitrogen and oxygen atoms in total. The molecular formula is C11H20BrNOS. The number of alkyl halides is 1. The minimum absolute atomic E-state index is 0.756. The van der Waals surface area contributed by atoms with Gasteiger partial charge < -0.3 is 4.74 Å². The van der Waals surface area contributed by atoms with Crippen LogP contribution in [0.4, 0.5) is 0 Å². The second kappa shape index (κ2) is 6.48. The van der Waals surface area contributed by atoms with Crippen LogP contribution in [0.3, 0.4) is 0 Å². The van der Waals surface area contributed by atoms with Crippen molar-refractivity contribution in [3.05, 3.63) is 0 Å². The van der Waals surface area contributed by atoms with Gasteiger partial charge >= 0.3 is 0 Å². The predicted octanol–water partition coefficient (Wildman–Crippen LogP) is 2.23. The van der Waals surface area contributed by atoms with E-state index < -0.39 is 0 Å². The number of hydrogen-bond acceptors (Lipinski definition) is 3. The summed E-state index contributed by atoms with van der Waals surface area (Å²) in [6, 6.07) is 0.756. The maximum Gasteiger partial charge on any atom is 0.0469 e. The van der Waals surface area contributed by atoms with Crippen LogP contribution in [0.2, 0.25) is 0 Å². The summed E-state index contributed by atoms with van der Waals surface area (Å²) < 4.78 is 5.41. The maximum atomic E-state index is 5.41. The van der Waals surface area contributed by atoms with E-state index in [1.54, 1.807) is 0 Å². The standard InChI is InChI=1S/C11H20BrNOS/c12-7-11-9-15-6-3-13(11)8-10-1-4-14-5-2-10/h10-11H,1-9H2. The number of thioether (sulfide) groups is 1. The van der Waals surface area contributed by atoms with E-state index in [-0.39, 0.29) is 0 Å². The first-order valence-corrected chi connectivity index (χ1v) is 8.13. The molecule has 15 heavy (non-hydrogen) atoms. The lowest BCUT2D eigenvalue weighted by Gasteiger charge is -2.37. The Morgan fingerprint density at radius 2 is 2.13 bits per heavy atom. The lowest BCUT2D eigenvalue weighted by atomic mass is 9.99. The fourth-order valence-corrected chi connectivity index (χ4v) is 4.40. The Morgan fingerprint density at radius 3 is 2.87 bits per heavy atom. The number of halogens is 1. The molecule has 0 aromatic rings. The summed E-state index contributed by atoms with van der Waals surface area (Å²) in [5.74, 6) is 3.49. The first kappa shape index (κ1) is 12.2. The van der Waals surface area contributed by atoms with E-state index >= 15 is 0 Å². The van der Waals surface area contributed by atoms with Gasteiger partial charge in [-0.1, -0.05) is 15.9 Å². The van der Waals surface area contributed by atoms with Gasteiger partial charge in [0.05, 0.1) is 0 Å². The molecule has 0 N–H and O–H groups in total. The van der Waals surface area contributed by atoms with E-state index in [0.29, 0.717) is 0 Å². The van der Waals surface area contributed by atoms with Gasteiger partial charge in [-0.15, -0.1) is 0 Å². The SMILES string of the molecule is BrCC1CSCCN1CC1CCOCC1. The van der Waals surface area contributed by atoms with Crippen molar-refractivity contribution in [1.29, 1.82) is 0 Å². The Bertz CT molecular complexity index is 187. The van der Waals surface area contributed by atoms with Gasteiger partial charge in [-0.2, -0.15) is 11.8 Å². The lowest BCUT2D eigenvalue weighted by Crippen LogP contribution is -2.46. The van der Waals surface area contributed by atoms with Crippen molar-refractivity contribution < 1.29 is 4.74 Å². The van der Waals surface area contributed by atoms with Gasteiger partial charge in [0.2, 0.25) is 0 Å². The highest BCUT2D eigenvalue weighted by atomic mass is 79.9. The van der Waals surface area contributed by atoms with Crippen molar-refractivity contribution in [2.75, 3.05) is 43.1 Å². The van der Waals surface area contributed by atoms with Gasteiger partial charge in [0.25, 0.3) is 0 Å². The summed E-state index contributed by atoms with van der Waals surface area (Å²) in [4.78, 5) is 2.68. The molecule has 1 atom stereocenters. The van der Waals surface area contributed by atoms with Crippen LogP contribution in [0.1, 0.15) is 12.8 Å². The second-order valence-corrected chi connectivity index (χ2v) is 6.23. The molecule has 0 aliphatic carbocycles. The van der Waals surface area contributed by atoms with Crippen LogP contribution in [0.25, 0.3) is 0 Å². The van der Waals surface area contributed by atoms with Gasteiger partial charge in [0, 0.05) is 49.2 Å². The molecule has 0 aromatic carbocycles. The zero-order valence-electron chi connectivity index (χ0n) is 9.16. The maximum absolute atomic E-state index is 5.41. The van der Waals surface area contributed by atoms with Crippen molar-refractivity contribution in [2.24, 2.45) is 5.92 Å². The minimum atomic E-state index is 0.756. The summed E-state index contributed by atoms with van der Waals surface area (Å²) in [6.45, 7) is 4.52. The van der Waals surface area contributed by atoms with E-state index in [1.165, 1.54) is 37.4 Å². The molecule has 0 saturated carbocycles. The second-order valence-electron chi connectivity index (χ2n) is 4.43. The zero-order valence-corrected chi connectivity index (χ0v) is 11.6. The Kier molecular flexibility index (Phi) is 5.27. The molecule has 0 amide bonds. The molecule has 2 aliphatic heterocycles. The molecule has 88 valence electrons. The van der Waals surface area contributed by atoms with Gasteiger partial charge in [-0.3, -0.25) is 4.90 Å². The topological polar surface area (TPSA) is 12.5 Å². The van der Waals surface area contributed by atoms with Crippen molar-refractivity contribution in [3.8, 4) is 0 Å². The number of rotatable bonds is 3. The van der Waals surface area contributed by atoms with Crippen LogP contribution < -0.4 is 0 Å². The van der Waals surface area contributed by atoms with Crippen LogP contribution in [-0.4, -0.2) is 54.1 Å². The van der Waals surface area contributed by atoms with E-state index in [1.807, 2.05) is 0 Å². The fraction of sp³-hybridized carbons (Fsp3) is 1.00. The molecule has 0 bridgehead atoms. The normalized spacial score (nSPS) is 30.6. The van der Waals surface area contributed by atoms with Crippen LogP contribution >= 0.6 is 27.7 Å². The highest BCUT2D eigenvalue weighted by Crippen LogP contribution is 2.22. The molecule has 2 aliphatic rings. The van der Waals surface area contributed by atoms with Gasteiger partial charge in [0.15, 0.2) is 0 Å². The zero-order chi connectivity index (χ0) is 10.5. The van der Waals surface area contributed by atoms with Crippen molar-refractivity contribution in [2.45, 2.75) is 18.9 Å². The largest absolute Gasteiger partial charge is 0.381 e. The number of nitrogens with zero attached hydrogens (tertiary/aromatic N) is 1.